The van der Waals surface area contributed by atoms with Crippen molar-refractivity contribution < 1.29 is 0 Å². The van der Waals surface area contributed by atoms with Crippen LogP contribution < -0.4 is 5.32 Å². The third-order valence-electron chi connectivity index (χ3n) is 8.35. The molecule has 1 heteroatoms. The Labute approximate surface area is 130 Å². The molecule has 0 radical (unpaired) electrons. The molecule has 118 valence electrons. The Bertz CT molecular complexity index is 391. The normalized spacial score (nSPS) is 56.0. The van der Waals surface area contributed by atoms with E-state index >= 15 is 0 Å². The molecule has 3 aliphatic carbocycles. The summed E-state index contributed by atoms with van der Waals surface area (Å²) in [6.07, 6.45) is 18.6. The van der Waals surface area contributed by atoms with Crippen LogP contribution in [0.5, 0.6) is 0 Å². The van der Waals surface area contributed by atoms with E-state index in [4.69, 9.17) is 0 Å². The summed E-state index contributed by atoms with van der Waals surface area (Å²) in [7, 11) is 0. The van der Waals surface area contributed by atoms with Crippen LogP contribution in [0.2, 0.25) is 0 Å². The SMILES string of the molecule is C1CCC2CC3C(CC4CC5CCCCC5C3N4)CC2C1. The van der Waals surface area contributed by atoms with Gasteiger partial charge in [0.25, 0.3) is 0 Å². The summed E-state index contributed by atoms with van der Waals surface area (Å²) >= 11 is 0. The third-order valence-corrected chi connectivity index (χ3v) is 8.35. The quantitative estimate of drug-likeness (QED) is 0.677. The van der Waals surface area contributed by atoms with Crippen molar-refractivity contribution in [3.8, 4) is 0 Å². The highest BCUT2D eigenvalue weighted by Gasteiger charge is 2.51. The number of fused-ring (bicyclic) bond motifs is 7. The molecule has 0 amide bonds. The molecule has 1 N–H and O–H groups in total. The van der Waals surface area contributed by atoms with E-state index in [1.54, 1.807) is 38.5 Å². The molecular weight excluding hydrogens is 254 g/mol. The molecule has 8 atom stereocenters. The van der Waals surface area contributed by atoms with Gasteiger partial charge in [-0.2, -0.15) is 0 Å². The molecule has 0 spiro atoms. The van der Waals surface area contributed by atoms with Crippen molar-refractivity contribution in [2.75, 3.05) is 0 Å². The molecule has 21 heavy (non-hydrogen) atoms. The summed E-state index contributed by atoms with van der Waals surface area (Å²) in [5.41, 5.74) is 0. The summed E-state index contributed by atoms with van der Waals surface area (Å²) in [6, 6.07) is 1.83. The molecule has 8 unspecified atom stereocenters. The van der Waals surface area contributed by atoms with Crippen molar-refractivity contribution in [2.45, 2.75) is 89.1 Å². The Hall–Kier alpha value is -0.0400. The highest BCUT2D eigenvalue weighted by Crippen LogP contribution is 2.54. The van der Waals surface area contributed by atoms with Gasteiger partial charge in [-0.05, 0) is 67.6 Å². The molecular formula is C20H33N. The Morgan fingerprint density at radius 2 is 1.19 bits per heavy atom. The van der Waals surface area contributed by atoms with E-state index in [9.17, 15) is 0 Å². The van der Waals surface area contributed by atoms with Crippen LogP contribution in [0.4, 0.5) is 0 Å². The molecule has 0 aromatic heterocycles. The summed E-state index contributed by atoms with van der Waals surface area (Å²) in [6.45, 7) is 0. The number of piperidine rings is 2. The van der Waals surface area contributed by atoms with Gasteiger partial charge in [0.15, 0.2) is 0 Å². The number of hydrogen-bond acceptors (Lipinski definition) is 1. The minimum Gasteiger partial charge on any atom is -0.311 e. The van der Waals surface area contributed by atoms with Crippen molar-refractivity contribution in [1.29, 1.82) is 0 Å². The second-order valence-electron chi connectivity index (χ2n) is 9.27. The molecule has 5 rings (SSSR count). The van der Waals surface area contributed by atoms with Crippen LogP contribution in [0.3, 0.4) is 0 Å². The first kappa shape index (κ1) is 13.4. The lowest BCUT2D eigenvalue weighted by atomic mass is 9.53. The van der Waals surface area contributed by atoms with Crippen LogP contribution >= 0.6 is 0 Å². The zero-order valence-corrected chi connectivity index (χ0v) is 13.6. The predicted octanol–water partition coefficient (Wildman–Crippen LogP) is 4.76. The van der Waals surface area contributed by atoms with Crippen LogP contribution in [0.1, 0.15) is 77.0 Å². The van der Waals surface area contributed by atoms with Gasteiger partial charge >= 0.3 is 0 Å². The molecule has 0 aromatic rings. The van der Waals surface area contributed by atoms with Crippen LogP contribution in [0.25, 0.3) is 0 Å². The number of rotatable bonds is 0. The lowest BCUT2D eigenvalue weighted by molar-refractivity contribution is -0.0431. The van der Waals surface area contributed by atoms with Crippen molar-refractivity contribution >= 4 is 0 Å². The molecule has 5 fully saturated rings. The smallest absolute Gasteiger partial charge is 0.0132 e. The van der Waals surface area contributed by atoms with E-state index in [0.29, 0.717) is 0 Å². The largest absolute Gasteiger partial charge is 0.311 e. The average Bonchev–Trinajstić information content (AvgIpc) is 2.53. The minimum absolute atomic E-state index is 0.899. The van der Waals surface area contributed by atoms with Gasteiger partial charge in [-0.15, -0.1) is 0 Å². The molecule has 3 saturated carbocycles. The van der Waals surface area contributed by atoms with Gasteiger partial charge < -0.3 is 5.32 Å². The topological polar surface area (TPSA) is 12.0 Å². The highest BCUT2D eigenvalue weighted by molar-refractivity contribution is 5.05. The van der Waals surface area contributed by atoms with E-state index in [1.165, 1.54) is 38.5 Å². The molecule has 2 aliphatic heterocycles. The van der Waals surface area contributed by atoms with Gasteiger partial charge in [-0.3, -0.25) is 0 Å². The fraction of sp³-hybridized carbons (Fsp3) is 1.00. The Balaban J connectivity index is 1.39. The lowest BCUT2D eigenvalue weighted by Crippen LogP contribution is -2.62. The van der Waals surface area contributed by atoms with E-state index in [-0.39, 0.29) is 0 Å². The average molecular weight is 287 g/mol. The number of hydrogen-bond donors (Lipinski definition) is 1. The van der Waals surface area contributed by atoms with Crippen LogP contribution in [-0.4, -0.2) is 12.1 Å². The standard InChI is InChI=1S/C20H33N/c1-2-6-14-12-19-16(9-13(14)5-1)11-17-10-15-7-3-4-8-18(15)20(19)21-17/h13-21H,1-12H2. The van der Waals surface area contributed by atoms with Crippen molar-refractivity contribution in [1.82, 2.24) is 5.32 Å². The van der Waals surface area contributed by atoms with E-state index in [1.807, 2.05) is 0 Å². The van der Waals surface area contributed by atoms with Gasteiger partial charge in [0.05, 0.1) is 0 Å². The summed E-state index contributed by atoms with van der Waals surface area (Å²) < 4.78 is 0. The van der Waals surface area contributed by atoms with E-state index in [2.05, 4.69) is 5.32 Å². The first-order valence-electron chi connectivity index (χ1n) is 10.1. The first-order chi connectivity index (χ1) is 10.4. The summed E-state index contributed by atoms with van der Waals surface area (Å²) in [4.78, 5) is 0. The fourth-order valence-electron chi connectivity index (χ4n) is 7.52. The van der Waals surface area contributed by atoms with Crippen molar-refractivity contribution in [3.63, 3.8) is 0 Å². The highest BCUT2D eigenvalue weighted by atomic mass is 15.0. The minimum atomic E-state index is 0.899. The maximum atomic E-state index is 4.15. The first-order valence-corrected chi connectivity index (χ1v) is 10.1. The molecule has 2 saturated heterocycles. The van der Waals surface area contributed by atoms with Crippen molar-refractivity contribution in [3.05, 3.63) is 0 Å². The Morgan fingerprint density at radius 3 is 2.05 bits per heavy atom. The maximum absolute atomic E-state index is 4.15. The number of nitrogens with one attached hydrogen (secondary N) is 1. The molecule has 1 nitrogen and oxygen atoms in total. The zero-order chi connectivity index (χ0) is 13.8. The summed E-state index contributed by atoms with van der Waals surface area (Å²) in [5, 5.41) is 4.15. The fourth-order valence-corrected chi connectivity index (χ4v) is 7.52. The second kappa shape index (κ2) is 5.25. The van der Waals surface area contributed by atoms with Gasteiger partial charge in [0, 0.05) is 12.1 Å². The van der Waals surface area contributed by atoms with E-state index in [0.717, 1.165) is 47.6 Å². The van der Waals surface area contributed by atoms with Gasteiger partial charge in [0.2, 0.25) is 0 Å². The van der Waals surface area contributed by atoms with Crippen LogP contribution in [0, 0.1) is 35.5 Å². The van der Waals surface area contributed by atoms with Gasteiger partial charge in [-0.25, -0.2) is 0 Å². The monoisotopic (exact) mass is 287 g/mol. The van der Waals surface area contributed by atoms with Gasteiger partial charge in [-0.1, -0.05) is 44.9 Å². The molecule has 2 bridgehead atoms. The Kier molecular flexibility index (Phi) is 3.35. The lowest BCUT2D eigenvalue weighted by Gasteiger charge is -2.58. The summed E-state index contributed by atoms with van der Waals surface area (Å²) in [5.74, 6) is 6.56. The van der Waals surface area contributed by atoms with Crippen molar-refractivity contribution in [2.24, 2.45) is 35.5 Å². The molecule has 2 heterocycles. The molecule has 0 aromatic carbocycles. The van der Waals surface area contributed by atoms with Crippen LogP contribution in [0.15, 0.2) is 0 Å². The van der Waals surface area contributed by atoms with Gasteiger partial charge in [0.1, 0.15) is 0 Å². The second-order valence-corrected chi connectivity index (χ2v) is 9.27. The third kappa shape index (κ3) is 2.21. The van der Waals surface area contributed by atoms with E-state index < -0.39 is 0 Å². The zero-order valence-electron chi connectivity index (χ0n) is 13.6. The Morgan fingerprint density at radius 1 is 0.524 bits per heavy atom. The maximum Gasteiger partial charge on any atom is 0.0132 e. The molecule has 5 aliphatic rings. The van der Waals surface area contributed by atoms with Crippen LogP contribution in [-0.2, 0) is 0 Å². The predicted molar refractivity (Wildman–Crippen MR) is 87.1 cm³/mol.